The van der Waals surface area contributed by atoms with E-state index in [-0.39, 0.29) is 12.1 Å². The van der Waals surface area contributed by atoms with E-state index in [4.69, 9.17) is 10.5 Å². The normalized spacial score (nSPS) is 18.9. The van der Waals surface area contributed by atoms with Gasteiger partial charge in [-0.2, -0.15) is 5.10 Å². The molecule has 2 N–H and O–H groups in total. The lowest BCUT2D eigenvalue weighted by Gasteiger charge is -2.18. The zero-order chi connectivity index (χ0) is 13.2. The highest BCUT2D eigenvalue weighted by Gasteiger charge is 2.28. The van der Waals surface area contributed by atoms with Crippen LogP contribution in [0.1, 0.15) is 18.3 Å². The Morgan fingerprint density at radius 2 is 2.32 bits per heavy atom. The number of ether oxygens (including phenoxy) is 1. The van der Waals surface area contributed by atoms with Crippen molar-refractivity contribution in [1.82, 2.24) is 14.8 Å². The molecule has 0 saturated heterocycles. The number of para-hydroxylation sites is 1. The smallest absolute Gasteiger partial charge is 0.138 e. The molecule has 1 aliphatic rings. The van der Waals surface area contributed by atoms with E-state index in [1.165, 1.54) is 5.56 Å². The minimum atomic E-state index is -0.0677. The molecular formula is C14H18N4O. The number of nitrogens with two attached hydrogens (primary N) is 1. The maximum absolute atomic E-state index is 6.27. The first-order chi connectivity index (χ1) is 9.28. The summed E-state index contributed by atoms with van der Waals surface area (Å²) in [5, 5.41) is 4.16. The maximum Gasteiger partial charge on any atom is 0.138 e. The molecule has 2 heterocycles. The topological polar surface area (TPSA) is 66.0 Å². The molecule has 19 heavy (non-hydrogen) atoms. The van der Waals surface area contributed by atoms with Crippen LogP contribution < -0.4 is 10.5 Å². The predicted octanol–water partition coefficient (Wildman–Crippen LogP) is 1.17. The van der Waals surface area contributed by atoms with Crippen LogP contribution in [0.5, 0.6) is 5.75 Å². The van der Waals surface area contributed by atoms with Crippen LogP contribution in [-0.4, -0.2) is 26.9 Å². The van der Waals surface area contributed by atoms with Gasteiger partial charge in [-0.05, 0) is 18.6 Å². The van der Waals surface area contributed by atoms with Crippen LogP contribution in [0.4, 0.5) is 0 Å². The summed E-state index contributed by atoms with van der Waals surface area (Å²) in [6.07, 6.45) is 3.17. The molecule has 0 amide bonds. The third kappa shape index (κ3) is 2.33. The molecule has 0 aliphatic carbocycles. The Balaban J connectivity index is 1.68. The molecule has 2 aromatic rings. The van der Waals surface area contributed by atoms with Crippen LogP contribution in [0, 0.1) is 0 Å². The van der Waals surface area contributed by atoms with Crippen LogP contribution in [0.25, 0.3) is 0 Å². The van der Waals surface area contributed by atoms with E-state index in [1.54, 1.807) is 6.33 Å². The Morgan fingerprint density at radius 3 is 3.11 bits per heavy atom. The monoisotopic (exact) mass is 258 g/mol. The van der Waals surface area contributed by atoms with Gasteiger partial charge in [0.2, 0.25) is 0 Å². The summed E-state index contributed by atoms with van der Waals surface area (Å²) in [5.74, 6) is 1.88. The van der Waals surface area contributed by atoms with Crippen molar-refractivity contribution in [3.8, 4) is 5.75 Å². The van der Waals surface area contributed by atoms with Gasteiger partial charge in [0.1, 0.15) is 24.0 Å². The minimum Gasteiger partial charge on any atom is -0.488 e. The number of fused-ring (bicyclic) bond motifs is 1. The molecule has 1 aliphatic heterocycles. The second-order valence-electron chi connectivity index (χ2n) is 4.83. The SMILES string of the molecule is CCn1ncnc1CC(N)C1Cc2ccccc2O1. The largest absolute Gasteiger partial charge is 0.488 e. The molecule has 0 fully saturated rings. The van der Waals surface area contributed by atoms with Gasteiger partial charge < -0.3 is 10.5 Å². The van der Waals surface area contributed by atoms with Crippen LogP contribution in [0.2, 0.25) is 0 Å². The summed E-state index contributed by atoms with van der Waals surface area (Å²) in [4.78, 5) is 4.26. The Bertz CT molecular complexity index is 541. The average Bonchev–Trinajstić information content (AvgIpc) is 3.03. The third-order valence-corrected chi connectivity index (χ3v) is 3.56. The summed E-state index contributed by atoms with van der Waals surface area (Å²) in [5.41, 5.74) is 7.50. The number of rotatable bonds is 4. The zero-order valence-corrected chi connectivity index (χ0v) is 11.0. The summed E-state index contributed by atoms with van der Waals surface area (Å²) in [6, 6.07) is 8.04. The summed E-state index contributed by atoms with van der Waals surface area (Å²) >= 11 is 0. The van der Waals surface area contributed by atoms with Crippen LogP contribution >= 0.6 is 0 Å². The Morgan fingerprint density at radius 1 is 1.47 bits per heavy atom. The van der Waals surface area contributed by atoms with Crippen molar-refractivity contribution in [2.24, 2.45) is 5.73 Å². The van der Waals surface area contributed by atoms with Crippen LogP contribution in [-0.2, 0) is 19.4 Å². The Hall–Kier alpha value is -1.88. The first-order valence-electron chi connectivity index (χ1n) is 6.64. The van der Waals surface area contributed by atoms with Crippen molar-refractivity contribution in [2.45, 2.75) is 38.5 Å². The number of aryl methyl sites for hydroxylation is 1. The Labute approximate surface area is 112 Å². The highest BCUT2D eigenvalue weighted by atomic mass is 16.5. The van der Waals surface area contributed by atoms with Crippen LogP contribution in [0.3, 0.4) is 0 Å². The highest BCUT2D eigenvalue weighted by Crippen LogP contribution is 2.29. The number of benzene rings is 1. The molecule has 0 radical (unpaired) electrons. The van der Waals surface area contributed by atoms with Gasteiger partial charge >= 0.3 is 0 Å². The summed E-state index contributed by atoms with van der Waals surface area (Å²) in [6.45, 7) is 2.86. The van der Waals surface area contributed by atoms with Gasteiger partial charge in [0.05, 0.1) is 0 Å². The molecule has 3 rings (SSSR count). The maximum atomic E-state index is 6.27. The molecule has 0 bridgehead atoms. The number of hydrogen-bond donors (Lipinski definition) is 1. The van der Waals surface area contributed by atoms with Crippen molar-refractivity contribution in [3.63, 3.8) is 0 Å². The number of nitrogens with zero attached hydrogens (tertiary/aromatic N) is 3. The fourth-order valence-electron chi connectivity index (χ4n) is 2.50. The van der Waals surface area contributed by atoms with E-state index in [0.717, 1.165) is 24.5 Å². The molecule has 5 nitrogen and oxygen atoms in total. The van der Waals surface area contributed by atoms with Crippen molar-refractivity contribution < 1.29 is 4.74 Å². The van der Waals surface area contributed by atoms with E-state index in [1.807, 2.05) is 29.8 Å². The highest BCUT2D eigenvalue weighted by molar-refractivity contribution is 5.37. The number of hydrogen-bond acceptors (Lipinski definition) is 4. The lowest BCUT2D eigenvalue weighted by atomic mass is 10.0. The van der Waals surface area contributed by atoms with E-state index >= 15 is 0 Å². The van der Waals surface area contributed by atoms with E-state index in [2.05, 4.69) is 16.1 Å². The van der Waals surface area contributed by atoms with Gasteiger partial charge in [-0.15, -0.1) is 0 Å². The molecule has 1 aromatic carbocycles. The third-order valence-electron chi connectivity index (χ3n) is 3.56. The fraction of sp³-hybridized carbons (Fsp3) is 0.429. The van der Waals surface area contributed by atoms with Crippen molar-refractivity contribution in [2.75, 3.05) is 0 Å². The molecule has 2 atom stereocenters. The lowest BCUT2D eigenvalue weighted by Crippen LogP contribution is -2.40. The van der Waals surface area contributed by atoms with Gasteiger partial charge in [-0.3, -0.25) is 4.68 Å². The minimum absolute atomic E-state index is 0.0272. The quantitative estimate of drug-likeness (QED) is 0.894. The zero-order valence-electron chi connectivity index (χ0n) is 11.0. The fourth-order valence-corrected chi connectivity index (χ4v) is 2.50. The molecular weight excluding hydrogens is 240 g/mol. The van der Waals surface area contributed by atoms with Gasteiger partial charge in [0.15, 0.2) is 0 Å². The second-order valence-corrected chi connectivity index (χ2v) is 4.83. The van der Waals surface area contributed by atoms with Crippen molar-refractivity contribution in [1.29, 1.82) is 0 Å². The van der Waals surface area contributed by atoms with E-state index in [9.17, 15) is 0 Å². The van der Waals surface area contributed by atoms with Gasteiger partial charge in [-0.1, -0.05) is 18.2 Å². The molecule has 5 heteroatoms. The lowest BCUT2D eigenvalue weighted by molar-refractivity contribution is 0.196. The number of aromatic nitrogens is 3. The molecule has 2 unspecified atom stereocenters. The van der Waals surface area contributed by atoms with Gasteiger partial charge in [0.25, 0.3) is 0 Å². The molecule has 0 spiro atoms. The Kier molecular flexibility index (Phi) is 3.21. The first kappa shape index (κ1) is 12.2. The predicted molar refractivity (Wildman–Crippen MR) is 71.9 cm³/mol. The van der Waals surface area contributed by atoms with Crippen molar-refractivity contribution in [3.05, 3.63) is 42.0 Å². The van der Waals surface area contributed by atoms with Crippen LogP contribution in [0.15, 0.2) is 30.6 Å². The van der Waals surface area contributed by atoms with E-state index in [0.29, 0.717) is 6.42 Å². The molecule has 100 valence electrons. The van der Waals surface area contributed by atoms with Crippen molar-refractivity contribution >= 4 is 0 Å². The standard InChI is InChI=1S/C14H18N4O/c1-2-18-14(16-9-17-18)8-11(15)13-7-10-5-3-4-6-12(10)19-13/h3-6,9,11,13H,2,7-8,15H2,1H3. The van der Waals surface area contributed by atoms with Gasteiger partial charge in [-0.25, -0.2) is 4.98 Å². The molecule has 0 saturated carbocycles. The average molecular weight is 258 g/mol. The second kappa shape index (κ2) is 5.01. The molecule has 1 aromatic heterocycles. The van der Waals surface area contributed by atoms with Gasteiger partial charge in [0, 0.05) is 25.4 Å². The van der Waals surface area contributed by atoms with E-state index < -0.39 is 0 Å². The summed E-state index contributed by atoms with van der Waals surface area (Å²) < 4.78 is 7.79. The summed E-state index contributed by atoms with van der Waals surface area (Å²) in [7, 11) is 0. The first-order valence-corrected chi connectivity index (χ1v) is 6.64.